The average Bonchev–Trinajstić information content (AvgIpc) is 2.68. The van der Waals surface area contributed by atoms with Gasteiger partial charge in [0.15, 0.2) is 5.60 Å². The lowest BCUT2D eigenvalue weighted by Gasteiger charge is -2.31. The van der Waals surface area contributed by atoms with Crippen LogP contribution < -0.4 is 24.8 Å². The maximum absolute atomic E-state index is 13.1. The first kappa shape index (κ1) is 21.4. The fourth-order valence-corrected chi connectivity index (χ4v) is 4.08. The molecule has 0 radical (unpaired) electrons. The molecule has 3 rings (SSSR count). The zero-order valence-corrected chi connectivity index (χ0v) is 17.8. The van der Waals surface area contributed by atoms with Gasteiger partial charge in [-0.25, -0.2) is 8.42 Å². The van der Waals surface area contributed by atoms with Crippen molar-refractivity contribution in [1.82, 2.24) is 5.32 Å². The van der Waals surface area contributed by atoms with E-state index >= 15 is 0 Å². The van der Waals surface area contributed by atoms with E-state index in [-0.39, 0.29) is 34.4 Å². The second kappa shape index (κ2) is 7.86. The van der Waals surface area contributed by atoms with Crippen molar-refractivity contribution in [3.8, 4) is 11.5 Å². The van der Waals surface area contributed by atoms with Gasteiger partial charge >= 0.3 is 0 Å². The molecule has 9 nitrogen and oxygen atoms in total. The summed E-state index contributed by atoms with van der Waals surface area (Å²) in [7, 11) is -2.64. The second-order valence-electron chi connectivity index (χ2n) is 7.06. The Morgan fingerprint density at radius 3 is 2.60 bits per heavy atom. The highest BCUT2D eigenvalue weighted by atomic mass is 32.2. The van der Waals surface area contributed by atoms with Gasteiger partial charge in [0.05, 0.1) is 18.0 Å². The highest BCUT2D eigenvalue weighted by Crippen LogP contribution is 2.36. The summed E-state index contributed by atoms with van der Waals surface area (Å²) >= 11 is 0. The van der Waals surface area contributed by atoms with E-state index in [1.165, 1.54) is 37.4 Å². The summed E-state index contributed by atoms with van der Waals surface area (Å²) in [6.45, 7) is 5.21. The molecule has 1 heterocycles. The molecule has 2 amide bonds. The van der Waals surface area contributed by atoms with Crippen LogP contribution in [0.25, 0.3) is 0 Å². The molecule has 2 aromatic carbocycles. The Bertz CT molecular complexity index is 1110. The van der Waals surface area contributed by atoms with Gasteiger partial charge in [0.25, 0.3) is 21.8 Å². The maximum atomic E-state index is 13.1. The van der Waals surface area contributed by atoms with E-state index in [4.69, 9.17) is 9.47 Å². The number of hydrogen-bond acceptors (Lipinski definition) is 6. The number of sulfonamides is 1. The SMILES string of the molecule is CCOc1ccc(C(=O)NC)cc1S(=O)(=O)Nc1ccc2c(c1)OC(C)(C)C(=O)N2. The van der Waals surface area contributed by atoms with Gasteiger partial charge in [-0.05, 0) is 51.1 Å². The van der Waals surface area contributed by atoms with E-state index in [1.807, 2.05) is 0 Å². The molecular formula is C20H23N3O6S. The normalized spacial score (nSPS) is 14.7. The summed E-state index contributed by atoms with van der Waals surface area (Å²) in [5.41, 5.74) is -0.235. The van der Waals surface area contributed by atoms with Crippen LogP contribution in [-0.4, -0.2) is 39.5 Å². The molecule has 0 unspecified atom stereocenters. The number of amides is 2. The Morgan fingerprint density at radius 2 is 1.93 bits per heavy atom. The minimum Gasteiger partial charge on any atom is -0.492 e. The quantitative estimate of drug-likeness (QED) is 0.643. The van der Waals surface area contributed by atoms with Crippen molar-refractivity contribution < 1.29 is 27.5 Å². The van der Waals surface area contributed by atoms with E-state index < -0.39 is 21.5 Å². The average molecular weight is 433 g/mol. The monoisotopic (exact) mass is 433 g/mol. The van der Waals surface area contributed by atoms with Gasteiger partial charge in [0, 0.05) is 18.7 Å². The largest absolute Gasteiger partial charge is 0.492 e. The fourth-order valence-electron chi connectivity index (χ4n) is 2.86. The van der Waals surface area contributed by atoms with Crippen LogP contribution in [0.15, 0.2) is 41.3 Å². The third-order valence-corrected chi connectivity index (χ3v) is 5.82. The molecule has 0 bridgehead atoms. The molecule has 3 N–H and O–H groups in total. The molecule has 1 aliphatic heterocycles. The van der Waals surface area contributed by atoms with E-state index in [0.29, 0.717) is 11.4 Å². The summed E-state index contributed by atoms with van der Waals surface area (Å²) in [4.78, 5) is 23.8. The van der Waals surface area contributed by atoms with Crippen molar-refractivity contribution in [2.75, 3.05) is 23.7 Å². The smallest absolute Gasteiger partial charge is 0.268 e. The number of fused-ring (bicyclic) bond motifs is 1. The van der Waals surface area contributed by atoms with Crippen molar-refractivity contribution in [2.45, 2.75) is 31.3 Å². The molecule has 30 heavy (non-hydrogen) atoms. The van der Waals surface area contributed by atoms with Crippen molar-refractivity contribution >= 4 is 33.2 Å². The van der Waals surface area contributed by atoms with Gasteiger partial charge < -0.3 is 20.1 Å². The highest BCUT2D eigenvalue weighted by molar-refractivity contribution is 7.92. The van der Waals surface area contributed by atoms with E-state index in [0.717, 1.165) is 0 Å². The topological polar surface area (TPSA) is 123 Å². The molecule has 10 heteroatoms. The Hall–Kier alpha value is -3.27. The lowest BCUT2D eigenvalue weighted by molar-refractivity contribution is -0.129. The van der Waals surface area contributed by atoms with Crippen LogP contribution in [-0.2, 0) is 14.8 Å². The molecule has 0 saturated heterocycles. The minimum atomic E-state index is -4.09. The first-order valence-corrected chi connectivity index (χ1v) is 10.7. The van der Waals surface area contributed by atoms with Crippen molar-refractivity contribution in [1.29, 1.82) is 0 Å². The Morgan fingerprint density at radius 1 is 1.20 bits per heavy atom. The summed E-state index contributed by atoms with van der Waals surface area (Å²) in [6.07, 6.45) is 0. The number of hydrogen-bond donors (Lipinski definition) is 3. The van der Waals surface area contributed by atoms with Gasteiger partial charge in [-0.2, -0.15) is 0 Å². The van der Waals surface area contributed by atoms with Gasteiger partial charge in [-0.3, -0.25) is 14.3 Å². The van der Waals surface area contributed by atoms with Crippen LogP contribution in [0.1, 0.15) is 31.1 Å². The van der Waals surface area contributed by atoms with Gasteiger partial charge in [-0.1, -0.05) is 0 Å². The van der Waals surface area contributed by atoms with Gasteiger partial charge in [0.2, 0.25) is 0 Å². The molecule has 0 spiro atoms. The first-order chi connectivity index (χ1) is 14.1. The Balaban J connectivity index is 1.97. The summed E-state index contributed by atoms with van der Waals surface area (Å²) in [5.74, 6) is -0.255. The van der Waals surface area contributed by atoms with Crippen molar-refractivity contribution in [2.24, 2.45) is 0 Å². The lowest BCUT2D eigenvalue weighted by Crippen LogP contribution is -2.45. The fraction of sp³-hybridized carbons (Fsp3) is 0.300. The second-order valence-corrected chi connectivity index (χ2v) is 8.71. The predicted molar refractivity (Wildman–Crippen MR) is 112 cm³/mol. The van der Waals surface area contributed by atoms with E-state index in [1.54, 1.807) is 26.8 Å². The van der Waals surface area contributed by atoms with Crippen LogP contribution >= 0.6 is 0 Å². The number of rotatable bonds is 6. The molecule has 0 saturated carbocycles. The van der Waals surface area contributed by atoms with Crippen LogP contribution in [0.5, 0.6) is 11.5 Å². The Labute approximate surface area is 174 Å². The zero-order chi connectivity index (χ0) is 22.1. The molecule has 2 aromatic rings. The molecule has 1 aliphatic rings. The van der Waals surface area contributed by atoms with Crippen LogP contribution in [0.4, 0.5) is 11.4 Å². The molecule has 0 aliphatic carbocycles. The van der Waals surface area contributed by atoms with Crippen molar-refractivity contribution in [3.63, 3.8) is 0 Å². The number of nitrogens with one attached hydrogen (secondary N) is 3. The molecular weight excluding hydrogens is 410 g/mol. The standard InChI is InChI=1S/C20H23N3O6S/c1-5-28-15-9-6-12(18(24)21-4)10-17(15)30(26,27)23-13-7-8-14-16(11-13)29-20(2,3)19(25)22-14/h6-11,23H,5H2,1-4H3,(H,21,24)(H,22,25). The van der Waals surface area contributed by atoms with Gasteiger partial charge in [-0.15, -0.1) is 0 Å². The third kappa shape index (κ3) is 4.18. The number of carbonyl (C=O) groups is 2. The maximum Gasteiger partial charge on any atom is 0.268 e. The Kier molecular flexibility index (Phi) is 5.62. The van der Waals surface area contributed by atoms with Crippen LogP contribution in [0.3, 0.4) is 0 Å². The first-order valence-electron chi connectivity index (χ1n) is 9.23. The van der Waals surface area contributed by atoms with Crippen LogP contribution in [0.2, 0.25) is 0 Å². The summed E-state index contributed by atoms with van der Waals surface area (Å²) < 4.78 is 39.8. The minimum absolute atomic E-state index is 0.125. The highest BCUT2D eigenvalue weighted by Gasteiger charge is 2.35. The summed E-state index contributed by atoms with van der Waals surface area (Å²) in [5, 5.41) is 5.18. The molecule has 160 valence electrons. The van der Waals surface area contributed by atoms with E-state index in [9.17, 15) is 18.0 Å². The molecule has 0 fully saturated rings. The summed E-state index contributed by atoms with van der Waals surface area (Å²) in [6, 6.07) is 8.71. The molecule has 0 atom stereocenters. The molecule has 0 aromatic heterocycles. The van der Waals surface area contributed by atoms with Crippen LogP contribution in [0, 0.1) is 0 Å². The number of benzene rings is 2. The third-order valence-electron chi connectivity index (χ3n) is 4.42. The number of carbonyl (C=O) groups excluding carboxylic acids is 2. The predicted octanol–water partition coefficient (Wildman–Crippen LogP) is 2.36. The van der Waals surface area contributed by atoms with Crippen molar-refractivity contribution in [3.05, 3.63) is 42.0 Å². The van der Waals surface area contributed by atoms with Gasteiger partial charge in [0.1, 0.15) is 16.4 Å². The zero-order valence-electron chi connectivity index (χ0n) is 17.0. The lowest BCUT2D eigenvalue weighted by atomic mass is 10.1. The number of ether oxygens (including phenoxy) is 2. The van der Waals surface area contributed by atoms with E-state index in [2.05, 4.69) is 15.4 Å². The number of anilines is 2.